The topological polar surface area (TPSA) is 69.4 Å². The van der Waals surface area contributed by atoms with Crippen LogP contribution < -0.4 is 4.74 Å². The molecule has 0 aliphatic carbocycles. The Kier molecular flexibility index (Phi) is 4.69. The standard InChI is InChI=1S/C12H12F3NO4/c1-7(2)10(17)6-20-11-4-3-8(12(13,14)15)5-9(11)16(18)19/h3-5,7H,6H2,1-2H3. The summed E-state index contributed by atoms with van der Waals surface area (Å²) in [7, 11) is 0. The first-order valence-corrected chi connectivity index (χ1v) is 5.64. The molecule has 0 radical (unpaired) electrons. The molecule has 0 spiro atoms. The maximum absolute atomic E-state index is 12.5. The molecule has 0 aliphatic rings. The fourth-order valence-electron chi connectivity index (χ4n) is 1.27. The molecule has 0 bridgehead atoms. The van der Waals surface area contributed by atoms with E-state index in [1.54, 1.807) is 13.8 Å². The minimum atomic E-state index is -4.68. The first-order valence-electron chi connectivity index (χ1n) is 5.64. The predicted molar refractivity (Wildman–Crippen MR) is 63.4 cm³/mol. The van der Waals surface area contributed by atoms with Crippen molar-refractivity contribution in [3.63, 3.8) is 0 Å². The van der Waals surface area contributed by atoms with E-state index < -0.39 is 29.0 Å². The molecule has 0 amide bonds. The first-order chi connectivity index (χ1) is 9.12. The molecule has 5 nitrogen and oxygen atoms in total. The second-order valence-corrected chi connectivity index (χ2v) is 4.35. The third-order valence-corrected chi connectivity index (χ3v) is 2.50. The van der Waals surface area contributed by atoms with Crippen LogP contribution in [0.1, 0.15) is 19.4 Å². The van der Waals surface area contributed by atoms with Gasteiger partial charge in [-0.25, -0.2) is 0 Å². The van der Waals surface area contributed by atoms with Gasteiger partial charge in [-0.15, -0.1) is 0 Å². The van der Waals surface area contributed by atoms with Gasteiger partial charge in [0.15, 0.2) is 11.5 Å². The van der Waals surface area contributed by atoms with Gasteiger partial charge in [0.05, 0.1) is 10.5 Å². The molecule has 0 unspecified atom stereocenters. The van der Waals surface area contributed by atoms with Crippen molar-refractivity contribution in [2.45, 2.75) is 20.0 Å². The van der Waals surface area contributed by atoms with Gasteiger partial charge in [-0.3, -0.25) is 14.9 Å². The van der Waals surface area contributed by atoms with Crippen LogP contribution in [0, 0.1) is 16.0 Å². The van der Waals surface area contributed by atoms with Crippen molar-refractivity contribution in [1.82, 2.24) is 0 Å². The summed E-state index contributed by atoms with van der Waals surface area (Å²) in [6.45, 7) is 2.81. The van der Waals surface area contributed by atoms with Crippen molar-refractivity contribution in [3.05, 3.63) is 33.9 Å². The molecule has 0 heterocycles. The minimum absolute atomic E-state index is 0.306. The third kappa shape index (κ3) is 3.94. The van der Waals surface area contributed by atoms with Gasteiger partial charge >= 0.3 is 11.9 Å². The molecule has 0 atom stereocenters. The van der Waals surface area contributed by atoms with E-state index in [1.807, 2.05) is 0 Å². The number of hydrogen-bond donors (Lipinski definition) is 0. The van der Waals surface area contributed by atoms with Crippen LogP contribution in [0.15, 0.2) is 18.2 Å². The van der Waals surface area contributed by atoms with Crippen molar-refractivity contribution < 1.29 is 27.6 Å². The number of benzene rings is 1. The molecule has 0 fully saturated rings. The van der Waals surface area contributed by atoms with Gasteiger partial charge in [-0.2, -0.15) is 13.2 Å². The normalized spacial score (nSPS) is 11.5. The number of halogens is 3. The third-order valence-electron chi connectivity index (χ3n) is 2.50. The highest BCUT2D eigenvalue weighted by atomic mass is 19.4. The van der Waals surface area contributed by atoms with Crippen molar-refractivity contribution in [2.24, 2.45) is 5.92 Å². The summed E-state index contributed by atoms with van der Waals surface area (Å²) >= 11 is 0. The number of nitro benzene ring substituents is 1. The highest BCUT2D eigenvalue weighted by Crippen LogP contribution is 2.36. The zero-order valence-electron chi connectivity index (χ0n) is 10.7. The summed E-state index contributed by atoms with van der Waals surface area (Å²) in [6.07, 6.45) is -4.68. The van der Waals surface area contributed by atoms with Gasteiger partial charge < -0.3 is 4.74 Å². The van der Waals surface area contributed by atoms with Gasteiger partial charge in [0, 0.05) is 12.0 Å². The number of ketones is 1. The van der Waals surface area contributed by atoms with Crippen LogP contribution in [0.3, 0.4) is 0 Å². The number of alkyl halides is 3. The molecule has 1 aromatic carbocycles. The number of nitro groups is 1. The number of carbonyl (C=O) groups excluding carboxylic acids is 1. The molecule has 0 saturated carbocycles. The summed E-state index contributed by atoms with van der Waals surface area (Å²) in [5, 5.41) is 10.8. The number of hydrogen-bond acceptors (Lipinski definition) is 4. The zero-order chi connectivity index (χ0) is 15.5. The van der Waals surface area contributed by atoms with E-state index in [1.165, 1.54) is 0 Å². The molecule has 0 aliphatic heterocycles. The second-order valence-electron chi connectivity index (χ2n) is 4.35. The Hall–Kier alpha value is -2.12. The van der Waals surface area contributed by atoms with E-state index in [2.05, 4.69) is 0 Å². The summed E-state index contributed by atoms with van der Waals surface area (Å²) in [6, 6.07) is 1.89. The molecule has 1 aromatic rings. The average Bonchev–Trinajstić information content (AvgIpc) is 2.34. The van der Waals surface area contributed by atoms with Gasteiger partial charge in [-0.05, 0) is 12.1 Å². The van der Waals surface area contributed by atoms with Crippen LogP contribution in [0.4, 0.5) is 18.9 Å². The van der Waals surface area contributed by atoms with Crippen molar-refractivity contribution in [3.8, 4) is 5.75 Å². The predicted octanol–water partition coefficient (Wildman–Crippen LogP) is 3.22. The lowest BCUT2D eigenvalue weighted by Gasteiger charge is -2.10. The fraction of sp³-hybridized carbons (Fsp3) is 0.417. The number of nitrogens with zero attached hydrogens (tertiary/aromatic N) is 1. The Labute approximate surface area is 112 Å². The van der Waals surface area contributed by atoms with Gasteiger partial charge in [0.2, 0.25) is 0 Å². The average molecular weight is 291 g/mol. The fourth-order valence-corrected chi connectivity index (χ4v) is 1.27. The van der Waals surface area contributed by atoms with E-state index in [-0.39, 0.29) is 17.5 Å². The van der Waals surface area contributed by atoms with E-state index in [0.717, 1.165) is 6.07 Å². The SMILES string of the molecule is CC(C)C(=O)COc1ccc(C(F)(F)F)cc1[N+](=O)[O-]. The zero-order valence-corrected chi connectivity index (χ0v) is 10.7. The van der Waals surface area contributed by atoms with Crippen molar-refractivity contribution >= 4 is 11.5 Å². The lowest BCUT2D eigenvalue weighted by molar-refractivity contribution is -0.386. The highest BCUT2D eigenvalue weighted by molar-refractivity contribution is 5.81. The van der Waals surface area contributed by atoms with E-state index in [0.29, 0.717) is 12.1 Å². The van der Waals surface area contributed by atoms with Gasteiger partial charge in [0.1, 0.15) is 6.61 Å². The number of Topliss-reactive ketones (excluding diaryl/α,β-unsaturated/α-hetero) is 1. The molecular weight excluding hydrogens is 279 g/mol. The molecule has 110 valence electrons. The largest absolute Gasteiger partial charge is 0.479 e. The summed E-state index contributed by atoms with van der Waals surface area (Å²) in [5.41, 5.74) is -1.97. The van der Waals surface area contributed by atoms with Gasteiger partial charge in [-0.1, -0.05) is 13.8 Å². The quantitative estimate of drug-likeness (QED) is 0.617. The number of ether oxygens (including phenoxy) is 1. The Balaban J connectivity index is 3.03. The highest BCUT2D eigenvalue weighted by Gasteiger charge is 2.33. The summed E-state index contributed by atoms with van der Waals surface area (Å²) < 4.78 is 42.3. The summed E-state index contributed by atoms with van der Waals surface area (Å²) in [5.74, 6) is -1.00. The second kappa shape index (κ2) is 5.89. The minimum Gasteiger partial charge on any atom is -0.479 e. The monoisotopic (exact) mass is 291 g/mol. The smallest absolute Gasteiger partial charge is 0.416 e. The molecule has 0 aromatic heterocycles. The van der Waals surface area contributed by atoms with E-state index >= 15 is 0 Å². The first kappa shape index (κ1) is 15.9. The molecular formula is C12H12F3NO4. The Morgan fingerprint density at radius 2 is 2.00 bits per heavy atom. The Morgan fingerprint density at radius 1 is 1.40 bits per heavy atom. The Morgan fingerprint density at radius 3 is 2.45 bits per heavy atom. The molecule has 1 rings (SSSR count). The van der Waals surface area contributed by atoms with Crippen LogP contribution in [0.5, 0.6) is 5.75 Å². The van der Waals surface area contributed by atoms with E-state index in [9.17, 15) is 28.1 Å². The van der Waals surface area contributed by atoms with Crippen molar-refractivity contribution in [1.29, 1.82) is 0 Å². The lowest BCUT2D eigenvalue weighted by Crippen LogP contribution is -2.17. The maximum Gasteiger partial charge on any atom is 0.416 e. The number of carbonyl (C=O) groups is 1. The van der Waals surface area contributed by atoms with Crippen molar-refractivity contribution in [2.75, 3.05) is 6.61 Å². The van der Waals surface area contributed by atoms with Crippen LogP contribution >= 0.6 is 0 Å². The maximum atomic E-state index is 12.5. The molecule has 0 N–H and O–H groups in total. The number of rotatable bonds is 5. The van der Waals surface area contributed by atoms with E-state index in [4.69, 9.17) is 4.74 Å². The molecule has 0 saturated heterocycles. The Bertz CT molecular complexity index is 526. The van der Waals surface area contributed by atoms with Gasteiger partial charge in [0.25, 0.3) is 0 Å². The van der Waals surface area contributed by atoms with Crippen LogP contribution in [-0.2, 0) is 11.0 Å². The van der Waals surface area contributed by atoms with Crippen LogP contribution in [0.25, 0.3) is 0 Å². The van der Waals surface area contributed by atoms with Crippen LogP contribution in [0.2, 0.25) is 0 Å². The lowest BCUT2D eigenvalue weighted by atomic mass is 10.1. The van der Waals surface area contributed by atoms with Crippen LogP contribution in [-0.4, -0.2) is 17.3 Å². The molecule has 20 heavy (non-hydrogen) atoms. The summed E-state index contributed by atoms with van der Waals surface area (Å²) in [4.78, 5) is 21.1. The molecule has 8 heteroatoms.